The number of hydrazine groups is 1. The molecule has 1 aliphatic rings. The van der Waals surface area contributed by atoms with Crippen LogP contribution in [0.25, 0.3) is 0 Å². The third kappa shape index (κ3) is 4.73. The number of urea groups is 1. The normalized spacial score (nSPS) is 15.8. The van der Waals surface area contributed by atoms with Gasteiger partial charge >= 0.3 is 6.03 Å². The average Bonchev–Trinajstić information content (AvgIpc) is 2.45. The molecule has 1 aromatic rings. The molecule has 3 amide bonds. The van der Waals surface area contributed by atoms with Gasteiger partial charge in [0.15, 0.2) is 0 Å². The van der Waals surface area contributed by atoms with Crippen molar-refractivity contribution < 1.29 is 14.0 Å². The Kier molecular flexibility index (Phi) is 5.54. The molecule has 0 aliphatic carbocycles. The third-order valence-corrected chi connectivity index (χ3v) is 3.53. The standard InChI is InChI=1S/C15H20FN3O2/c16-13-8-6-12(7-9-13)14(20)17-18-15(21)19-10-4-2-1-3-5-11-19/h6-9H,1-5,10-11H2,(H,17,20)(H,18,21). The summed E-state index contributed by atoms with van der Waals surface area (Å²) in [6, 6.07) is 4.84. The van der Waals surface area contributed by atoms with Gasteiger partial charge in [0.2, 0.25) is 0 Å². The van der Waals surface area contributed by atoms with Crippen LogP contribution in [0.1, 0.15) is 42.5 Å². The Morgan fingerprint density at radius 2 is 1.48 bits per heavy atom. The van der Waals surface area contributed by atoms with Crippen molar-refractivity contribution in [2.24, 2.45) is 0 Å². The largest absolute Gasteiger partial charge is 0.336 e. The summed E-state index contributed by atoms with van der Waals surface area (Å²) in [7, 11) is 0. The predicted molar refractivity (Wildman–Crippen MR) is 77.1 cm³/mol. The lowest BCUT2D eigenvalue weighted by atomic mass is 10.1. The number of carbonyl (C=O) groups is 2. The van der Waals surface area contributed by atoms with Crippen LogP contribution in [0.4, 0.5) is 9.18 Å². The molecule has 114 valence electrons. The second-order valence-corrected chi connectivity index (χ2v) is 5.15. The van der Waals surface area contributed by atoms with Crippen LogP contribution in [0, 0.1) is 5.82 Å². The Balaban J connectivity index is 1.82. The molecule has 21 heavy (non-hydrogen) atoms. The van der Waals surface area contributed by atoms with Crippen molar-refractivity contribution in [3.05, 3.63) is 35.6 Å². The number of nitrogens with zero attached hydrogens (tertiary/aromatic N) is 1. The van der Waals surface area contributed by atoms with E-state index in [0.717, 1.165) is 25.7 Å². The molecule has 1 saturated heterocycles. The third-order valence-electron chi connectivity index (χ3n) is 3.53. The lowest BCUT2D eigenvalue weighted by Gasteiger charge is -2.25. The van der Waals surface area contributed by atoms with Gasteiger partial charge in [-0.2, -0.15) is 0 Å². The first-order valence-electron chi connectivity index (χ1n) is 7.27. The number of carbonyl (C=O) groups excluding carboxylic acids is 2. The number of benzene rings is 1. The highest BCUT2D eigenvalue weighted by Gasteiger charge is 2.15. The molecule has 0 saturated carbocycles. The summed E-state index contributed by atoms with van der Waals surface area (Å²) >= 11 is 0. The fourth-order valence-corrected chi connectivity index (χ4v) is 2.31. The van der Waals surface area contributed by atoms with Gasteiger partial charge in [0.05, 0.1) is 0 Å². The zero-order valence-electron chi connectivity index (χ0n) is 11.9. The number of hydrogen-bond acceptors (Lipinski definition) is 2. The molecule has 0 aromatic heterocycles. The molecule has 2 rings (SSSR count). The van der Waals surface area contributed by atoms with Gasteiger partial charge < -0.3 is 4.90 Å². The minimum absolute atomic E-state index is 0.296. The van der Waals surface area contributed by atoms with Crippen molar-refractivity contribution >= 4 is 11.9 Å². The van der Waals surface area contributed by atoms with Crippen LogP contribution in [0.3, 0.4) is 0 Å². The van der Waals surface area contributed by atoms with Crippen LogP contribution in [-0.2, 0) is 0 Å². The molecule has 0 radical (unpaired) electrons. The van der Waals surface area contributed by atoms with Crippen LogP contribution < -0.4 is 10.9 Å². The molecule has 1 fully saturated rings. The Hall–Kier alpha value is -2.11. The summed E-state index contributed by atoms with van der Waals surface area (Å²) < 4.78 is 12.8. The van der Waals surface area contributed by atoms with E-state index in [9.17, 15) is 14.0 Å². The summed E-state index contributed by atoms with van der Waals surface area (Å²) in [4.78, 5) is 25.5. The summed E-state index contributed by atoms with van der Waals surface area (Å²) in [6.07, 6.45) is 5.45. The quantitative estimate of drug-likeness (QED) is 0.781. The number of likely N-dealkylation sites (tertiary alicyclic amines) is 1. The van der Waals surface area contributed by atoms with Crippen molar-refractivity contribution in [1.82, 2.24) is 15.8 Å². The van der Waals surface area contributed by atoms with Gasteiger partial charge in [-0.05, 0) is 37.1 Å². The molecule has 1 aliphatic heterocycles. The van der Waals surface area contributed by atoms with Crippen molar-refractivity contribution in [3.63, 3.8) is 0 Å². The fourth-order valence-electron chi connectivity index (χ4n) is 2.31. The van der Waals surface area contributed by atoms with Crippen LogP contribution in [0.2, 0.25) is 0 Å². The van der Waals surface area contributed by atoms with Crippen molar-refractivity contribution in [2.75, 3.05) is 13.1 Å². The topological polar surface area (TPSA) is 61.4 Å². The predicted octanol–water partition coefficient (Wildman–Crippen LogP) is 2.45. The van der Waals surface area contributed by atoms with Gasteiger partial charge in [-0.1, -0.05) is 19.3 Å². The first-order valence-corrected chi connectivity index (χ1v) is 7.27. The number of amides is 3. The van der Waals surface area contributed by atoms with E-state index in [0.29, 0.717) is 18.7 Å². The van der Waals surface area contributed by atoms with E-state index in [1.165, 1.54) is 30.7 Å². The minimum Gasteiger partial charge on any atom is -0.323 e. The maximum atomic E-state index is 12.8. The van der Waals surface area contributed by atoms with E-state index in [4.69, 9.17) is 0 Å². The van der Waals surface area contributed by atoms with E-state index in [-0.39, 0.29) is 6.03 Å². The van der Waals surface area contributed by atoms with E-state index in [1.807, 2.05) is 0 Å². The maximum Gasteiger partial charge on any atom is 0.336 e. The molecular weight excluding hydrogens is 273 g/mol. The van der Waals surface area contributed by atoms with Crippen molar-refractivity contribution in [2.45, 2.75) is 32.1 Å². The van der Waals surface area contributed by atoms with E-state index in [2.05, 4.69) is 10.9 Å². The SMILES string of the molecule is O=C(NNC(=O)N1CCCCCCC1)c1ccc(F)cc1. The van der Waals surface area contributed by atoms with E-state index in [1.54, 1.807) is 4.90 Å². The molecule has 6 heteroatoms. The zero-order chi connectivity index (χ0) is 15.1. The van der Waals surface area contributed by atoms with Gasteiger partial charge in [-0.15, -0.1) is 0 Å². The number of nitrogens with one attached hydrogen (secondary N) is 2. The fraction of sp³-hybridized carbons (Fsp3) is 0.467. The highest BCUT2D eigenvalue weighted by Crippen LogP contribution is 2.10. The molecule has 0 spiro atoms. The highest BCUT2D eigenvalue weighted by atomic mass is 19.1. The summed E-state index contributed by atoms with van der Waals surface area (Å²) in [6.45, 7) is 1.41. The molecular formula is C15H20FN3O2. The molecule has 1 heterocycles. The van der Waals surface area contributed by atoms with E-state index < -0.39 is 11.7 Å². The lowest BCUT2D eigenvalue weighted by molar-refractivity contribution is 0.0929. The van der Waals surface area contributed by atoms with Gasteiger partial charge in [-0.3, -0.25) is 10.2 Å². The molecule has 1 aromatic carbocycles. The van der Waals surface area contributed by atoms with Crippen LogP contribution in [0.5, 0.6) is 0 Å². The minimum atomic E-state index is -0.463. The van der Waals surface area contributed by atoms with Gasteiger partial charge in [0, 0.05) is 18.7 Å². The highest BCUT2D eigenvalue weighted by molar-refractivity contribution is 5.95. The smallest absolute Gasteiger partial charge is 0.323 e. The van der Waals surface area contributed by atoms with Gasteiger partial charge in [0.25, 0.3) is 5.91 Å². The van der Waals surface area contributed by atoms with Crippen molar-refractivity contribution in [1.29, 1.82) is 0 Å². The Bertz CT molecular complexity index is 482. The number of halogens is 1. The zero-order valence-corrected chi connectivity index (χ0v) is 11.9. The van der Waals surface area contributed by atoms with Crippen LogP contribution >= 0.6 is 0 Å². The van der Waals surface area contributed by atoms with Gasteiger partial charge in [-0.25, -0.2) is 14.6 Å². The molecule has 0 atom stereocenters. The molecule has 2 N–H and O–H groups in total. The average molecular weight is 293 g/mol. The Morgan fingerprint density at radius 1 is 0.905 bits per heavy atom. The number of rotatable bonds is 1. The van der Waals surface area contributed by atoms with Crippen LogP contribution in [-0.4, -0.2) is 29.9 Å². The second kappa shape index (κ2) is 7.61. The number of hydrogen-bond donors (Lipinski definition) is 2. The molecule has 5 nitrogen and oxygen atoms in total. The van der Waals surface area contributed by atoms with Crippen molar-refractivity contribution in [3.8, 4) is 0 Å². The van der Waals surface area contributed by atoms with E-state index >= 15 is 0 Å². The Morgan fingerprint density at radius 3 is 2.10 bits per heavy atom. The monoisotopic (exact) mass is 293 g/mol. The maximum absolute atomic E-state index is 12.8. The Labute approximate surface area is 123 Å². The van der Waals surface area contributed by atoms with Gasteiger partial charge in [0.1, 0.15) is 5.82 Å². The lowest BCUT2D eigenvalue weighted by Crippen LogP contribution is -2.49. The summed E-state index contributed by atoms with van der Waals surface area (Å²) in [5.41, 5.74) is 5.05. The first kappa shape index (κ1) is 15.3. The second-order valence-electron chi connectivity index (χ2n) is 5.15. The summed E-state index contributed by atoms with van der Waals surface area (Å²) in [5.74, 6) is -0.869. The summed E-state index contributed by atoms with van der Waals surface area (Å²) in [5, 5.41) is 0. The molecule has 0 bridgehead atoms. The first-order chi connectivity index (χ1) is 10.2. The van der Waals surface area contributed by atoms with Crippen LogP contribution in [0.15, 0.2) is 24.3 Å². The molecule has 0 unspecified atom stereocenters.